The molecule has 0 spiro atoms. The van der Waals surface area contributed by atoms with Gasteiger partial charge in [-0.25, -0.2) is 0 Å². The summed E-state index contributed by atoms with van der Waals surface area (Å²) in [7, 11) is 0. The Kier molecular flexibility index (Phi) is 7.09. The maximum atomic E-state index is 3.79. The normalized spacial score (nSPS) is 26.3. The Bertz CT molecular complexity index is 296. The molecule has 2 rings (SSSR count). The van der Waals surface area contributed by atoms with Crippen LogP contribution in [0.2, 0.25) is 0 Å². The summed E-state index contributed by atoms with van der Waals surface area (Å²) in [5.41, 5.74) is 1.70. The van der Waals surface area contributed by atoms with Crippen LogP contribution >= 0.6 is 0 Å². The molecule has 1 aliphatic heterocycles. The minimum absolute atomic E-state index is 0.679. The van der Waals surface area contributed by atoms with Crippen molar-refractivity contribution in [2.75, 3.05) is 26.2 Å². The van der Waals surface area contributed by atoms with E-state index in [0.29, 0.717) is 6.04 Å². The first-order valence-electron chi connectivity index (χ1n) is 8.93. The van der Waals surface area contributed by atoms with Gasteiger partial charge in [-0.2, -0.15) is 0 Å². The lowest BCUT2D eigenvalue weighted by molar-refractivity contribution is 0.151. The summed E-state index contributed by atoms with van der Waals surface area (Å²) in [5.74, 6) is 0.857. The molecule has 2 nitrogen and oxygen atoms in total. The largest absolute Gasteiger partial charge is 0.314 e. The molecule has 0 amide bonds. The van der Waals surface area contributed by atoms with Gasteiger partial charge in [0.25, 0.3) is 0 Å². The number of likely N-dealkylation sites (tertiary alicyclic amines) is 1. The van der Waals surface area contributed by atoms with Gasteiger partial charge in [-0.05, 0) is 83.8 Å². The van der Waals surface area contributed by atoms with Gasteiger partial charge in [0.2, 0.25) is 0 Å². The van der Waals surface area contributed by atoms with Crippen LogP contribution in [0.25, 0.3) is 0 Å². The lowest BCUT2D eigenvalue weighted by Gasteiger charge is -2.36. The van der Waals surface area contributed by atoms with Crippen LogP contribution in [0, 0.1) is 5.92 Å². The quantitative estimate of drug-likeness (QED) is 0.709. The Morgan fingerprint density at radius 1 is 1.35 bits per heavy atom. The van der Waals surface area contributed by atoms with Crippen molar-refractivity contribution in [3.63, 3.8) is 0 Å². The third-order valence-corrected chi connectivity index (χ3v) is 5.09. The zero-order valence-electron chi connectivity index (χ0n) is 13.7. The predicted octanol–water partition coefficient (Wildman–Crippen LogP) is 3.98. The summed E-state index contributed by atoms with van der Waals surface area (Å²) >= 11 is 0. The minimum atomic E-state index is 0.679. The van der Waals surface area contributed by atoms with Crippen LogP contribution in [0.5, 0.6) is 0 Å². The molecule has 0 saturated carbocycles. The Labute approximate surface area is 126 Å². The van der Waals surface area contributed by atoms with Gasteiger partial charge >= 0.3 is 0 Å². The first-order chi connectivity index (χ1) is 9.79. The molecule has 1 fully saturated rings. The van der Waals surface area contributed by atoms with Crippen molar-refractivity contribution in [1.82, 2.24) is 10.2 Å². The molecule has 20 heavy (non-hydrogen) atoms. The van der Waals surface area contributed by atoms with E-state index in [1.807, 2.05) is 0 Å². The highest BCUT2D eigenvalue weighted by Gasteiger charge is 2.23. The van der Waals surface area contributed by atoms with E-state index in [9.17, 15) is 0 Å². The smallest absolute Gasteiger partial charge is 0.00793 e. The van der Waals surface area contributed by atoms with E-state index < -0.39 is 0 Å². The monoisotopic (exact) mass is 278 g/mol. The number of nitrogens with one attached hydrogen (secondary N) is 1. The molecule has 0 aromatic rings. The molecule has 1 aliphatic carbocycles. The van der Waals surface area contributed by atoms with Crippen LogP contribution in [0.15, 0.2) is 11.6 Å². The summed E-state index contributed by atoms with van der Waals surface area (Å²) in [4.78, 5) is 2.66. The van der Waals surface area contributed by atoms with E-state index in [1.54, 1.807) is 5.57 Å². The topological polar surface area (TPSA) is 15.3 Å². The van der Waals surface area contributed by atoms with E-state index in [4.69, 9.17) is 0 Å². The third-order valence-electron chi connectivity index (χ3n) is 5.09. The third kappa shape index (κ3) is 5.21. The first kappa shape index (κ1) is 16.0. The fourth-order valence-corrected chi connectivity index (χ4v) is 3.78. The Hall–Kier alpha value is -0.340. The number of hydrogen-bond acceptors (Lipinski definition) is 2. The molecule has 0 aromatic carbocycles. The number of nitrogens with zero attached hydrogens (tertiary/aromatic N) is 1. The van der Waals surface area contributed by atoms with Crippen LogP contribution in [-0.4, -0.2) is 37.1 Å². The fourth-order valence-electron chi connectivity index (χ4n) is 3.78. The number of piperidine rings is 1. The molecule has 1 saturated heterocycles. The summed E-state index contributed by atoms with van der Waals surface area (Å²) < 4.78 is 0. The Morgan fingerprint density at radius 2 is 2.25 bits per heavy atom. The summed E-state index contributed by atoms with van der Waals surface area (Å²) in [5, 5.41) is 3.79. The van der Waals surface area contributed by atoms with Gasteiger partial charge in [-0.15, -0.1) is 0 Å². The van der Waals surface area contributed by atoms with Gasteiger partial charge in [0, 0.05) is 12.6 Å². The van der Waals surface area contributed by atoms with Crippen LogP contribution in [0.4, 0.5) is 0 Å². The van der Waals surface area contributed by atoms with Crippen LogP contribution < -0.4 is 5.32 Å². The number of rotatable bonds is 7. The van der Waals surface area contributed by atoms with Gasteiger partial charge < -0.3 is 10.2 Å². The van der Waals surface area contributed by atoms with Crippen LogP contribution in [0.3, 0.4) is 0 Å². The van der Waals surface area contributed by atoms with E-state index in [-0.39, 0.29) is 0 Å². The maximum Gasteiger partial charge on any atom is 0.00793 e. The second kappa shape index (κ2) is 8.84. The van der Waals surface area contributed by atoms with E-state index in [1.165, 1.54) is 77.5 Å². The second-order valence-corrected chi connectivity index (χ2v) is 6.80. The number of allylic oxidation sites excluding steroid dienone is 1. The van der Waals surface area contributed by atoms with Crippen molar-refractivity contribution >= 4 is 0 Å². The summed E-state index contributed by atoms with van der Waals surface area (Å²) in [6.07, 6.45) is 13.3. The van der Waals surface area contributed by atoms with Crippen molar-refractivity contribution in [3.05, 3.63) is 11.6 Å². The van der Waals surface area contributed by atoms with Gasteiger partial charge in [0.05, 0.1) is 0 Å². The molecule has 116 valence electrons. The van der Waals surface area contributed by atoms with Crippen molar-refractivity contribution in [1.29, 1.82) is 0 Å². The molecular weight excluding hydrogens is 244 g/mol. The predicted molar refractivity (Wildman–Crippen MR) is 88.1 cm³/mol. The number of hydrogen-bond donors (Lipinski definition) is 1. The molecule has 0 aromatic heterocycles. The highest BCUT2D eigenvalue weighted by atomic mass is 15.1. The fraction of sp³-hybridized carbons (Fsp3) is 0.889. The molecule has 0 bridgehead atoms. The molecule has 2 unspecified atom stereocenters. The zero-order chi connectivity index (χ0) is 14.2. The van der Waals surface area contributed by atoms with E-state index in [2.05, 4.69) is 30.1 Å². The summed E-state index contributed by atoms with van der Waals surface area (Å²) in [6, 6.07) is 0.679. The average Bonchev–Trinajstić information content (AvgIpc) is 2.49. The Balaban J connectivity index is 1.65. The lowest BCUT2D eigenvalue weighted by atomic mass is 9.91. The highest BCUT2D eigenvalue weighted by Crippen LogP contribution is 2.21. The molecule has 2 aliphatic rings. The van der Waals surface area contributed by atoms with Crippen molar-refractivity contribution in [2.24, 2.45) is 5.92 Å². The second-order valence-electron chi connectivity index (χ2n) is 6.80. The molecule has 1 heterocycles. The SMILES string of the molecule is CCCN1CCCC(C(C)NCCC2=CCCCC2)C1. The zero-order valence-corrected chi connectivity index (χ0v) is 13.7. The first-order valence-corrected chi connectivity index (χ1v) is 8.93. The Morgan fingerprint density at radius 3 is 3.00 bits per heavy atom. The van der Waals surface area contributed by atoms with E-state index >= 15 is 0 Å². The molecule has 0 radical (unpaired) electrons. The van der Waals surface area contributed by atoms with Crippen molar-refractivity contribution in [3.8, 4) is 0 Å². The molecule has 1 N–H and O–H groups in total. The van der Waals surface area contributed by atoms with Gasteiger partial charge in [0.15, 0.2) is 0 Å². The van der Waals surface area contributed by atoms with Gasteiger partial charge in [-0.3, -0.25) is 0 Å². The minimum Gasteiger partial charge on any atom is -0.314 e. The van der Waals surface area contributed by atoms with E-state index in [0.717, 1.165) is 5.92 Å². The van der Waals surface area contributed by atoms with Crippen molar-refractivity contribution in [2.45, 2.75) is 71.3 Å². The molecule has 2 heteroatoms. The van der Waals surface area contributed by atoms with Gasteiger partial charge in [0.1, 0.15) is 0 Å². The standard InChI is InChI=1S/C18H34N2/c1-3-13-20-14-7-10-18(15-20)16(2)19-12-11-17-8-5-4-6-9-17/h8,16,18-19H,3-7,9-15H2,1-2H3. The van der Waals surface area contributed by atoms with Crippen molar-refractivity contribution < 1.29 is 0 Å². The van der Waals surface area contributed by atoms with Crippen LogP contribution in [-0.2, 0) is 0 Å². The van der Waals surface area contributed by atoms with Crippen LogP contribution in [0.1, 0.15) is 65.2 Å². The lowest BCUT2D eigenvalue weighted by Crippen LogP contribution is -2.44. The average molecular weight is 278 g/mol. The maximum absolute atomic E-state index is 3.79. The molecular formula is C18H34N2. The molecule has 2 atom stereocenters. The summed E-state index contributed by atoms with van der Waals surface area (Å²) in [6.45, 7) is 9.79. The van der Waals surface area contributed by atoms with Gasteiger partial charge in [-0.1, -0.05) is 18.6 Å². The highest BCUT2D eigenvalue weighted by molar-refractivity contribution is 5.05.